The van der Waals surface area contributed by atoms with Crippen LogP contribution in [0.4, 0.5) is 17.2 Å². The third kappa shape index (κ3) is 4.62. The van der Waals surface area contributed by atoms with Crippen molar-refractivity contribution in [3.05, 3.63) is 79.1 Å². The van der Waals surface area contributed by atoms with Gasteiger partial charge in [-0.05, 0) is 41.5 Å². The number of carbonyl (C=O) groups is 1. The van der Waals surface area contributed by atoms with Crippen LogP contribution in [0.2, 0.25) is 0 Å². The molecule has 1 fully saturated rings. The van der Waals surface area contributed by atoms with E-state index in [1.54, 1.807) is 0 Å². The molecule has 0 radical (unpaired) electrons. The lowest BCUT2D eigenvalue weighted by Crippen LogP contribution is -2.33. The molecule has 8 nitrogen and oxygen atoms in total. The van der Waals surface area contributed by atoms with Crippen LogP contribution in [-0.2, 0) is 9.53 Å². The average Bonchev–Trinajstić information content (AvgIpc) is 3.30. The smallest absolute Gasteiger partial charge is 0.247 e. The number of amides is 1. The number of anilines is 3. The van der Waals surface area contributed by atoms with Crippen molar-refractivity contribution in [2.45, 2.75) is 6.10 Å². The highest BCUT2D eigenvalue weighted by Crippen LogP contribution is 2.30. The molecule has 8 heteroatoms. The van der Waals surface area contributed by atoms with Crippen molar-refractivity contribution in [2.75, 3.05) is 30.3 Å². The average molecular weight is 441 g/mol. The van der Waals surface area contributed by atoms with Crippen LogP contribution >= 0.6 is 0 Å². The van der Waals surface area contributed by atoms with E-state index in [2.05, 4.69) is 61.7 Å². The number of morpholine rings is 1. The predicted molar refractivity (Wildman–Crippen MR) is 129 cm³/mol. The zero-order valence-electron chi connectivity index (χ0n) is 18.0. The third-order valence-electron chi connectivity index (χ3n) is 5.52. The van der Waals surface area contributed by atoms with E-state index in [-0.39, 0.29) is 12.0 Å². The first-order valence-electron chi connectivity index (χ1n) is 10.8. The van der Waals surface area contributed by atoms with Crippen LogP contribution in [0.25, 0.3) is 22.3 Å². The topological polar surface area (TPSA) is 104 Å². The number of fused-ring (bicyclic) bond motifs is 1. The second kappa shape index (κ2) is 9.23. The van der Waals surface area contributed by atoms with E-state index >= 15 is 0 Å². The maximum Gasteiger partial charge on any atom is 0.247 e. The summed E-state index contributed by atoms with van der Waals surface area (Å²) < 4.78 is 5.84. The quantitative estimate of drug-likeness (QED) is 0.336. The van der Waals surface area contributed by atoms with Crippen LogP contribution in [0.15, 0.2) is 73.6 Å². The van der Waals surface area contributed by atoms with Gasteiger partial charge in [-0.1, -0.05) is 36.9 Å². The second-order valence-corrected chi connectivity index (χ2v) is 7.75. The fourth-order valence-electron chi connectivity index (χ4n) is 3.86. The Morgan fingerprint density at radius 3 is 2.76 bits per heavy atom. The Morgan fingerprint density at radius 2 is 1.97 bits per heavy atom. The van der Waals surface area contributed by atoms with E-state index in [0.29, 0.717) is 11.5 Å². The monoisotopic (exact) mass is 440 g/mol. The fourth-order valence-corrected chi connectivity index (χ4v) is 3.86. The third-order valence-corrected chi connectivity index (χ3v) is 5.52. The van der Waals surface area contributed by atoms with Crippen molar-refractivity contribution in [3.63, 3.8) is 0 Å². The van der Waals surface area contributed by atoms with Gasteiger partial charge in [-0.15, -0.1) is 0 Å². The molecule has 33 heavy (non-hydrogen) atoms. The zero-order valence-corrected chi connectivity index (χ0v) is 18.0. The van der Waals surface area contributed by atoms with Crippen LogP contribution in [0, 0.1) is 0 Å². The molecule has 0 aliphatic carbocycles. The molecule has 1 aliphatic rings. The van der Waals surface area contributed by atoms with Gasteiger partial charge < -0.3 is 25.7 Å². The normalized spacial score (nSPS) is 15.8. The van der Waals surface area contributed by atoms with Gasteiger partial charge in [-0.3, -0.25) is 4.79 Å². The van der Waals surface area contributed by atoms with E-state index in [1.807, 2.05) is 30.3 Å². The summed E-state index contributed by atoms with van der Waals surface area (Å²) in [6, 6.07) is 17.8. The van der Waals surface area contributed by atoms with Gasteiger partial charge >= 0.3 is 0 Å². The molecule has 2 aromatic carbocycles. The summed E-state index contributed by atoms with van der Waals surface area (Å²) >= 11 is 0. The van der Waals surface area contributed by atoms with Crippen LogP contribution in [-0.4, -0.2) is 40.6 Å². The Bertz CT molecular complexity index is 1290. The highest BCUT2D eigenvalue weighted by atomic mass is 16.5. The van der Waals surface area contributed by atoms with Gasteiger partial charge in [0.1, 0.15) is 17.8 Å². The number of benzene rings is 2. The lowest BCUT2D eigenvalue weighted by Gasteiger charge is -2.24. The minimum Gasteiger partial charge on any atom is -0.371 e. The molecule has 0 bridgehead atoms. The number of aromatic nitrogens is 3. The summed E-state index contributed by atoms with van der Waals surface area (Å²) in [7, 11) is 0. The Morgan fingerprint density at radius 1 is 1.12 bits per heavy atom. The van der Waals surface area contributed by atoms with Crippen LogP contribution in [0.5, 0.6) is 0 Å². The molecule has 1 saturated heterocycles. The molecule has 0 spiro atoms. The number of nitrogens with one attached hydrogen (secondary N) is 4. The van der Waals surface area contributed by atoms with Gasteiger partial charge in [0.05, 0.1) is 18.1 Å². The summed E-state index contributed by atoms with van der Waals surface area (Å²) in [5.41, 5.74) is 5.37. The highest BCUT2D eigenvalue weighted by molar-refractivity contribution is 5.99. The number of H-pyrrole nitrogens is 1. The second-order valence-electron chi connectivity index (χ2n) is 7.75. The van der Waals surface area contributed by atoms with Crippen molar-refractivity contribution < 1.29 is 9.53 Å². The summed E-state index contributed by atoms with van der Waals surface area (Å²) in [6.07, 6.45) is 2.84. The van der Waals surface area contributed by atoms with Crippen molar-refractivity contribution in [3.8, 4) is 11.3 Å². The van der Waals surface area contributed by atoms with Crippen LogP contribution in [0.1, 0.15) is 11.7 Å². The molecule has 0 saturated carbocycles. The van der Waals surface area contributed by atoms with E-state index in [9.17, 15) is 4.79 Å². The lowest BCUT2D eigenvalue weighted by atomic mass is 10.0. The van der Waals surface area contributed by atoms with Crippen LogP contribution in [0.3, 0.4) is 0 Å². The Kier molecular flexibility index (Phi) is 5.84. The van der Waals surface area contributed by atoms with E-state index < -0.39 is 0 Å². The molecular formula is C25H24N6O2. The Balaban J connectivity index is 1.39. The van der Waals surface area contributed by atoms with Crippen molar-refractivity contribution in [2.24, 2.45) is 0 Å². The Hall–Kier alpha value is -4.01. The number of rotatable bonds is 6. The molecule has 1 atom stereocenters. The summed E-state index contributed by atoms with van der Waals surface area (Å²) in [4.78, 5) is 23.8. The number of aromatic amines is 1. The molecule has 5 rings (SSSR count). The van der Waals surface area contributed by atoms with Gasteiger partial charge in [0.15, 0.2) is 0 Å². The number of hydrogen-bond donors (Lipinski definition) is 4. The molecular weight excluding hydrogens is 416 g/mol. The van der Waals surface area contributed by atoms with Gasteiger partial charge in [0.2, 0.25) is 5.91 Å². The van der Waals surface area contributed by atoms with Crippen molar-refractivity contribution >= 4 is 34.1 Å². The predicted octanol–water partition coefficient (Wildman–Crippen LogP) is 4.15. The summed E-state index contributed by atoms with van der Waals surface area (Å²) in [6.45, 7) is 5.93. The van der Waals surface area contributed by atoms with Crippen molar-refractivity contribution in [1.82, 2.24) is 20.3 Å². The molecule has 166 valence electrons. The number of ether oxygens (including phenoxy) is 1. The number of nitrogens with zero attached hydrogens (tertiary/aromatic N) is 2. The number of carbonyl (C=O) groups excluding carboxylic acids is 1. The highest BCUT2D eigenvalue weighted by Gasteiger charge is 2.16. The fraction of sp³-hybridized carbons (Fsp3) is 0.160. The van der Waals surface area contributed by atoms with Gasteiger partial charge in [0, 0.05) is 30.2 Å². The number of hydrogen-bond acceptors (Lipinski definition) is 6. The lowest BCUT2D eigenvalue weighted by molar-refractivity contribution is -0.111. The first-order chi connectivity index (χ1) is 16.2. The van der Waals surface area contributed by atoms with Gasteiger partial charge in [-0.2, -0.15) is 0 Å². The van der Waals surface area contributed by atoms with E-state index in [4.69, 9.17) is 4.74 Å². The minimum absolute atomic E-state index is 0.0872. The van der Waals surface area contributed by atoms with Gasteiger partial charge in [0.25, 0.3) is 0 Å². The maximum atomic E-state index is 11.6. The molecule has 3 heterocycles. The molecule has 1 unspecified atom stereocenters. The standard InChI is InChI=1S/C25H24N6O2/c1-2-23(32)29-18-4-3-5-19(12-18)30-24-20-13-21(31-25(20)28-15-27-24)16-6-8-17(9-7-16)22-14-26-10-11-33-22/h2-9,12-13,15,22,26H,1,10-11,14H2,(H,29,32)(H2,27,28,30,31). The summed E-state index contributed by atoms with van der Waals surface area (Å²) in [5.74, 6) is 0.414. The van der Waals surface area contributed by atoms with E-state index in [0.717, 1.165) is 53.2 Å². The summed E-state index contributed by atoms with van der Waals surface area (Å²) in [5, 5.41) is 10.3. The molecule has 4 aromatic rings. The zero-order chi connectivity index (χ0) is 22.6. The Labute approximate surface area is 191 Å². The first-order valence-corrected chi connectivity index (χ1v) is 10.8. The maximum absolute atomic E-state index is 11.6. The SMILES string of the molecule is C=CC(=O)Nc1cccc(Nc2ncnc3[nH]c(-c4ccc(C5CNCCO5)cc4)cc23)c1. The molecule has 2 aromatic heterocycles. The first kappa shape index (κ1) is 20.9. The molecule has 1 aliphatic heterocycles. The van der Waals surface area contributed by atoms with Crippen molar-refractivity contribution in [1.29, 1.82) is 0 Å². The molecule has 1 amide bonds. The minimum atomic E-state index is -0.260. The van der Waals surface area contributed by atoms with E-state index in [1.165, 1.54) is 12.4 Å². The van der Waals surface area contributed by atoms with Gasteiger partial charge in [-0.25, -0.2) is 9.97 Å². The molecule has 4 N–H and O–H groups in total. The largest absolute Gasteiger partial charge is 0.371 e. The van der Waals surface area contributed by atoms with Crippen LogP contribution < -0.4 is 16.0 Å².